The van der Waals surface area contributed by atoms with E-state index >= 15 is 0 Å². The van der Waals surface area contributed by atoms with E-state index in [0.717, 1.165) is 12.3 Å². The van der Waals surface area contributed by atoms with Gasteiger partial charge in [-0.3, -0.25) is 0 Å². The summed E-state index contributed by atoms with van der Waals surface area (Å²) < 4.78 is 0. The summed E-state index contributed by atoms with van der Waals surface area (Å²) in [6.45, 7) is 3.96. The summed E-state index contributed by atoms with van der Waals surface area (Å²) in [4.78, 5) is 0. The maximum atomic E-state index is 3.96. The molecule has 1 radical (unpaired) electrons. The van der Waals surface area contributed by atoms with E-state index in [0.29, 0.717) is 0 Å². The lowest BCUT2D eigenvalue weighted by atomic mass is 9.93. The second-order valence-electron chi connectivity index (χ2n) is 4.21. The topological polar surface area (TPSA) is 0 Å². The van der Waals surface area contributed by atoms with Crippen molar-refractivity contribution in [2.75, 3.05) is 0 Å². The molecule has 1 aliphatic carbocycles. The van der Waals surface area contributed by atoms with Crippen molar-refractivity contribution in [2.24, 2.45) is 5.92 Å². The maximum absolute atomic E-state index is 3.96. The van der Waals surface area contributed by atoms with Crippen molar-refractivity contribution in [3.05, 3.63) is 6.92 Å². The summed E-state index contributed by atoms with van der Waals surface area (Å²) in [5.74, 6) is 1.01. The van der Waals surface area contributed by atoms with Crippen molar-refractivity contribution < 1.29 is 0 Å². The van der Waals surface area contributed by atoms with Crippen LogP contribution in [-0.4, -0.2) is 0 Å². The third-order valence-corrected chi connectivity index (χ3v) is 3.09. The molecule has 0 atom stereocenters. The third kappa shape index (κ3) is 4.13. The molecule has 1 aliphatic rings. The summed E-state index contributed by atoms with van der Waals surface area (Å²) in [5, 5.41) is 0. The molecule has 0 amide bonds. The molecular weight excluding hydrogens is 144 g/mol. The Balaban J connectivity index is 2.19. The highest BCUT2D eigenvalue weighted by molar-refractivity contribution is 4.63. The van der Waals surface area contributed by atoms with Crippen LogP contribution in [0.15, 0.2) is 0 Å². The Morgan fingerprint density at radius 3 is 1.83 bits per heavy atom. The molecule has 0 N–H and O–H groups in total. The Kier molecular flexibility index (Phi) is 5.47. The van der Waals surface area contributed by atoms with Gasteiger partial charge in [0.1, 0.15) is 0 Å². The predicted molar refractivity (Wildman–Crippen MR) is 55.0 cm³/mol. The van der Waals surface area contributed by atoms with E-state index < -0.39 is 0 Å². The first-order valence-electron chi connectivity index (χ1n) is 5.72. The number of hydrogen-bond donors (Lipinski definition) is 0. The molecule has 0 aliphatic heterocycles. The van der Waals surface area contributed by atoms with Crippen LogP contribution in [0.4, 0.5) is 0 Å². The van der Waals surface area contributed by atoms with Crippen LogP contribution in [0, 0.1) is 12.8 Å². The second kappa shape index (κ2) is 6.51. The van der Waals surface area contributed by atoms with Crippen LogP contribution < -0.4 is 0 Å². The van der Waals surface area contributed by atoms with Crippen molar-refractivity contribution in [1.82, 2.24) is 0 Å². The largest absolute Gasteiger partial charge is 0.0533 e. The highest BCUT2D eigenvalue weighted by Gasteiger charge is 2.08. The van der Waals surface area contributed by atoms with Gasteiger partial charge < -0.3 is 0 Å². The van der Waals surface area contributed by atoms with Crippen molar-refractivity contribution in [2.45, 2.75) is 64.2 Å². The van der Waals surface area contributed by atoms with Crippen LogP contribution in [0.25, 0.3) is 0 Å². The molecule has 12 heavy (non-hydrogen) atoms. The van der Waals surface area contributed by atoms with Crippen LogP contribution in [0.2, 0.25) is 0 Å². The highest BCUT2D eigenvalue weighted by Crippen LogP contribution is 2.24. The van der Waals surface area contributed by atoms with Gasteiger partial charge in [-0.05, 0) is 5.92 Å². The summed E-state index contributed by atoms with van der Waals surface area (Å²) in [6, 6.07) is 0. The Bertz CT molecular complexity index is 86.2. The van der Waals surface area contributed by atoms with E-state index in [1.165, 1.54) is 57.8 Å². The standard InChI is InChI=1S/C12H23/c1-2-9-12-10-7-5-3-4-6-8-11-12/h12H,1-11H2. The molecule has 0 bridgehead atoms. The van der Waals surface area contributed by atoms with Crippen molar-refractivity contribution in [1.29, 1.82) is 0 Å². The smallest absolute Gasteiger partial charge is 0.0414 e. The normalized spacial score (nSPS) is 22.8. The summed E-state index contributed by atoms with van der Waals surface area (Å²) in [7, 11) is 0. The molecule has 1 saturated carbocycles. The zero-order chi connectivity index (χ0) is 8.65. The van der Waals surface area contributed by atoms with Crippen molar-refractivity contribution in [3.63, 3.8) is 0 Å². The fraction of sp³-hybridized carbons (Fsp3) is 0.917. The van der Waals surface area contributed by atoms with Crippen molar-refractivity contribution in [3.8, 4) is 0 Å². The van der Waals surface area contributed by atoms with E-state index in [9.17, 15) is 0 Å². The molecule has 1 fully saturated rings. The van der Waals surface area contributed by atoms with E-state index in [1.54, 1.807) is 0 Å². The zero-order valence-electron chi connectivity index (χ0n) is 8.36. The van der Waals surface area contributed by atoms with Crippen LogP contribution in [0.5, 0.6) is 0 Å². The van der Waals surface area contributed by atoms with Gasteiger partial charge in [0, 0.05) is 0 Å². The Morgan fingerprint density at radius 2 is 1.33 bits per heavy atom. The molecule has 0 nitrogen and oxygen atoms in total. The average Bonchev–Trinajstić information content (AvgIpc) is 2.19. The quantitative estimate of drug-likeness (QED) is 0.573. The predicted octanol–water partition coefficient (Wildman–Crippen LogP) is 4.35. The van der Waals surface area contributed by atoms with E-state index in [1.807, 2.05) is 0 Å². The molecule has 0 spiro atoms. The first-order chi connectivity index (χ1) is 5.93. The van der Waals surface area contributed by atoms with Gasteiger partial charge in [0.2, 0.25) is 0 Å². The molecule has 0 unspecified atom stereocenters. The lowest BCUT2D eigenvalue weighted by Crippen LogP contribution is -1.99. The zero-order valence-corrected chi connectivity index (χ0v) is 8.36. The number of hydrogen-bond acceptors (Lipinski definition) is 0. The molecule has 71 valence electrons. The van der Waals surface area contributed by atoms with Gasteiger partial charge in [0.05, 0.1) is 0 Å². The molecule has 1 rings (SSSR count). The molecule has 0 aromatic rings. The monoisotopic (exact) mass is 167 g/mol. The SMILES string of the molecule is [CH2]CCC1CCCCCCCC1. The van der Waals surface area contributed by atoms with Crippen molar-refractivity contribution >= 4 is 0 Å². The minimum Gasteiger partial charge on any atom is -0.0533 e. The first kappa shape index (κ1) is 10.1. The minimum atomic E-state index is 1.01. The second-order valence-corrected chi connectivity index (χ2v) is 4.21. The first-order valence-corrected chi connectivity index (χ1v) is 5.72. The lowest BCUT2D eigenvalue weighted by molar-refractivity contribution is 0.403. The van der Waals surface area contributed by atoms with Gasteiger partial charge in [0.25, 0.3) is 0 Å². The Hall–Kier alpha value is 0. The summed E-state index contributed by atoms with van der Waals surface area (Å²) in [5.41, 5.74) is 0. The fourth-order valence-electron chi connectivity index (χ4n) is 2.29. The molecule has 0 saturated heterocycles. The van der Waals surface area contributed by atoms with E-state index in [2.05, 4.69) is 6.92 Å². The molecule has 0 aromatic heterocycles. The maximum Gasteiger partial charge on any atom is -0.0414 e. The fourth-order valence-corrected chi connectivity index (χ4v) is 2.29. The number of rotatable bonds is 2. The van der Waals surface area contributed by atoms with Gasteiger partial charge in [-0.2, -0.15) is 0 Å². The van der Waals surface area contributed by atoms with Crippen LogP contribution in [0.3, 0.4) is 0 Å². The Morgan fingerprint density at radius 1 is 0.833 bits per heavy atom. The molecule has 0 heterocycles. The van der Waals surface area contributed by atoms with Crippen LogP contribution in [-0.2, 0) is 0 Å². The summed E-state index contributed by atoms with van der Waals surface area (Å²) in [6.07, 6.45) is 14.4. The van der Waals surface area contributed by atoms with Gasteiger partial charge in [0.15, 0.2) is 0 Å². The average molecular weight is 167 g/mol. The Labute approximate surface area is 77.7 Å². The van der Waals surface area contributed by atoms with Gasteiger partial charge in [-0.15, -0.1) is 0 Å². The molecule has 0 heteroatoms. The van der Waals surface area contributed by atoms with Gasteiger partial charge in [-0.1, -0.05) is 71.1 Å². The van der Waals surface area contributed by atoms with E-state index in [4.69, 9.17) is 0 Å². The van der Waals surface area contributed by atoms with Gasteiger partial charge >= 0.3 is 0 Å². The lowest BCUT2D eigenvalue weighted by Gasteiger charge is -2.13. The van der Waals surface area contributed by atoms with Crippen LogP contribution >= 0.6 is 0 Å². The summed E-state index contributed by atoms with van der Waals surface area (Å²) >= 11 is 0. The van der Waals surface area contributed by atoms with E-state index in [-0.39, 0.29) is 0 Å². The third-order valence-electron chi connectivity index (χ3n) is 3.09. The molecule has 0 aromatic carbocycles. The minimum absolute atomic E-state index is 1.01. The molecular formula is C12H23. The highest BCUT2D eigenvalue weighted by atomic mass is 14.1. The van der Waals surface area contributed by atoms with Crippen LogP contribution in [0.1, 0.15) is 64.2 Å². The van der Waals surface area contributed by atoms with Gasteiger partial charge in [-0.25, -0.2) is 0 Å².